The average molecular weight is 435 g/mol. The molecule has 1 heterocycles. The number of hydrogen-bond donors (Lipinski definition) is 2. The lowest BCUT2D eigenvalue weighted by molar-refractivity contribution is 0.0162. The molecule has 0 bridgehead atoms. The Morgan fingerprint density at radius 1 is 1.19 bits per heavy atom. The molecule has 2 rings (SSSR count). The Balaban J connectivity index is 1.77. The summed E-state index contributed by atoms with van der Waals surface area (Å²) in [6.45, 7) is 8.63. The molecule has 31 heavy (non-hydrogen) atoms. The Labute approximate surface area is 186 Å². The molecule has 1 aromatic rings. The van der Waals surface area contributed by atoms with Gasteiger partial charge >= 0.3 is 6.09 Å². The lowest BCUT2D eigenvalue weighted by atomic mass is 9.95. The van der Waals surface area contributed by atoms with E-state index in [4.69, 9.17) is 14.2 Å². The third-order valence-electron chi connectivity index (χ3n) is 5.15. The van der Waals surface area contributed by atoms with Crippen LogP contribution in [0.1, 0.15) is 45.6 Å². The van der Waals surface area contributed by atoms with Crippen molar-refractivity contribution in [3.63, 3.8) is 0 Å². The molecular weight excluding hydrogens is 396 g/mol. The van der Waals surface area contributed by atoms with Gasteiger partial charge in [-0.1, -0.05) is 6.07 Å². The largest absolute Gasteiger partial charge is 0.493 e. The highest BCUT2D eigenvalue weighted by Gasteiger charge is 2.27. The zero-order valence-electron chi connectivity index (χ0n) is 19.8. The Morgan fingerprint density at radius 2 is 1.94 bits per heavy atom. The fourth-order valence-electron chi connectivity index (χ4n) is 3.58. The number of carbonyl (C=O) groups excluding carboxylic acids is 1. The van der Waals surface area contributed by atoms with Gasteiger partial charge in [0.25, 0.3) is 0 Å². The van der Waals surface area contributed by atoms with Crippen molar-refractivity contribution >= 4 is 12.1 Å². The van der Waals surface area contributed by atoms with Crippen molar-refractivity contribution in [3.05, 3.63) is 23.8 Å². The second kappa shape index (κ2) is 11.7. The van der Waals surface area contributed by atoms with E-state index in [1.54, 1.807) is 21.3 Å². The maximum atomic E-state index is 12.3. The van der Waals surface area contributed by atoms with Crippen LogP contribution in [0.25, 0.3) is 0 Å². The Hall–Kier alpha value is -2.64. The topological polar surface area (TPSA) is 84.4 Å². The molecule has 1 atom stereocenters. The van der Waals surface area contributed by atoms with Crippen LogP contribution in [0.15, 0.2) is 23.2 Å². The minimum Gasteiger partial charge on any atom is -0.493 e. The second-order valence-corrected chi connectivity index (χ2v) is 8.77. The first-order chi connectivity index (χ1) is 14.8. The SMILES string of the molecule is CN=C(NCCC1CCCN(C(=O)OC(C)(C)C)C1)NCc1ccc(OC)c(OC)c1. The van der Waals surface area contributed by atoms with Crippen LogP contribution in [0.4, 0.5) is 4.79 Å². The quantitative estimate of drug-likeness (QED) is 0.505. The molecule has 1 aliphatic heterocycles. The maximum Gasteiger partial charge on any atom is 0.410 e. The van der Waals surface area contributed by atoms with Crippen molar-refractivity contribution in [1.82, 2.24) is 15.5 Å². The Morgan fingerprint density at radius 3 is 2.58 bits per heavy atom. The number of ether oxygens (including phenoxy) is 3. The zero-order chi connectivity index (χ0) is 22.9. The van der Waals surface area contributed by atoms with E-state index < -0.39 is 5.60 Å². The molecule has 0 radical (unpaired) electrons. The van der Waals surface area contributed by atoms with Crippen LogP contribution >= 0.6 is 0 Å². The van der Waals surface area contributed by atoms with Crippen molar-refractivity contribution < 1.29 is 19.0 Å². The van der Waals surface area contributed by atoms with Crippen LogP contribution in [0.3, 0.4) is 0 Å². The molecule has 1 fully saturated rings. The van der Waals surface area contributed by atoms with Gasteiger partial charge in [0.1, 0.15) is 5.60 Å². The molecule has 0 spiro atoms. The number of amides is 1. The van der Waals surface area contributed by atoms with Gasteiger partial charge in [-0.3, -0.25) is 4.99 Å². The number of benzene rings is 1. The van der Waals surface area contributed by atoms with Crippen LogP contribution in [0.5, 0.6) is 11.5 Å². The van der Waals surface area contributed by atoms with Crippen molar-refractivity contribution in [2.45, 2.75) is 52.2 Å². The summed E-state index contributed by atoms with van der Waals surface area (Å²) in [5.74, 6) is 2.62. The lowest BCUT2D eigenvalue weighted by Crippen LogP contribution is -2.44. The smallest absolute Gasteiger partial charge is 0.410 e. The zero-order valence-corrected chi connectivity index (χ0v) is 19.8. The van der Waals surface area contributed by atoms with E-state index in [-0.39, 0.29) is 6.09 Å². The molecule has 2 N–H and O–H groups in total. The fraction of sp³-hybridized carbons (Fsp3) is 0.652. The number of methoxy groups -OCH3 is 2. The molecule has 1 aliphatic rings. The van der Waals surface area contributed by atoms with E-state index in [1.165, 1.54) is 0 Å². The minimum absolute atomic E-state index is 0.211. The molecule has 1 amide bonds. The highest BCUT2D eigenvalue weighted by atomic mass is 16.6. The Kier molecular flexibility index (Phi) is 9.27. The number of hydrogen-bond acceptors (Lipinski definition) is 5. The molecule has 0 aromatic heterocycles. The summed E-state index contributed by atoms with van der Waals surface area (Å²) >= 11 is 0. The number of piperidine rings is 1. The highest BCUT2D eigenvalue weighted by Crippen LogP contribution is 2.27. The van der Waals surface area contributed by atoms with Gasteiger partial charge < -0.3 is 29.7 Å². The third kappa shape index (κ3) is 8.19. The van der Waals surface area contributed by atoms with Gasteiger partial charge in [0.05, 0.1) is 14.2 Å². The Bertz CT molecular complexity index is 746. The van der Waals surface area contributed by atoms with Crippen molar-refractivity contribution in [3.8, 4) is 11.5 Å². The van der Waals surface area contributed by atoms with Crippen LogP contribution in [0.2, 0.25) is 0 Å². The normalized spacial score (nSPS) is 17.2. The third-order valence-corrected chi connectivity index (χ3v) is 5.15. The summed E-state index contributed by atoms with van der Waals surface area (Å²) in [5, 5.41) is 6.69. The maximum absolute atomic E-state index is 12.3. The molecule has 174 valence electrons. The van der Waals surface area contributed by atoms with Crippen molar-refractivity contribution in [1.29, 1.82) is 0 Å². The summed E-state index contributed by atoms with van der Waals surface area (Å²) in [7, 11) is 5.01. The monoisotopic (exact) mass is 434 g/mol. The first-order valence-electron chi connectivity index (χ1n) is 10.9. The summed E-state index contributed by atoms with van der Waals surface area (Å²) in [4.78, 5) is 18.5. The molecule has 1 aromatic carbocycles. The molecule has 1 unspecified atom stereocenters. The van der Waals surface area contributed by atoms with Gasteiger partial charge in [-0.15, -0.1) is 0 Å². The van der Waals surface area contributed by atoms with Crippen LogP contribution in [-0.2, 0) is 11.3 Å². The van der Waals surface area contributed by atoms with Crippen molar-refractivity contribution in [2.75, 3.05) is 40.9 Å². The molecule has 8 heteroatoms. The number of carbonyl (C=O) groups is 1. The number of aliphatic imine (C=N–C) groups is 1. The number of nitrogens with one attached hydrogen (secondary N) is 2. The first kappa shape index (κ1) is 24.6. The average Bonchev–Trinajstić information content (AvgIpc) is 2.74. The van der Waals surface area contributed by atoms with Gasteiger partial charge in [0.15, 0.2) is 17.5 Å². The molecule has 0 saturated carbocycles. The number of rotatable bonds is 7. The van der Waals surface area contributed by atoms with Crippen LogP contribution in [-0.4, -0.2) is 63.5 Å². The fourth-order valence-corrected chi connectivity index (χ4v) is 3.58. The molecule has 8 nitrogen and oxygen atoms in total. The van der Waals surface area contributed by atoms with E-state index in [2.05, 4.69) is 15.6 Å². The van der Waals surface area contributed by atoms with E-state index in [1.807, 2.05) is 43.9 Å². The lowest BCUT2D eigenvalue weighted by Gasteiger charge is -2.34. The van der Waals surface area contributed by atoms with Gasteiger partial charge in [-0.2, -0.15) is 0 Å². The molecule has 0 aliphatic carbocycles. The molecule has 1 saturated heterocycles. The number of likely N-dealkylation sites (tertiary alicyclic amines) is 1. The number of nitrogens with zero attached hydrogens (tertiary/aromatic N) is 2. The predicted molar refractivity (Wildman–Crippen MR) is 123 cm³/mol. The van der Waals surface area contributed by atoms with Crippen LogP contribution in [0, 0.1) is 5.92 Å². The van der Waals surface area contributed by atoms with Gasteiger partial charge in [-0.25, -0.2) is 4.79 Å². The van der Waals surface area contributed by atoms with Gasteiger partial charge in [0.2, 0.25) is 0 Å². The standard InChI is InChI=1S/C23H38N4O4/c1-23(2,3)31-22(28)27-13-7-8-17(16-27)11-12-25-21(24-4)26-15-18-9-10-19(29-5)20(14-18)30-6/h9-10,14,17H,7-8,11-13,15-16H2,1-6H3,(H2,24,25,26). The number of guanidine groups is 1. The van der Waals surface area contributed by atoms with E-state index in [0.717, 1.165) is 50.4 Å². The first-order valence-corrected chi connectivity index (χ1v) is 10.9. The van der Waals surface area contributed by atoms with Crippen LogP contribution < -0.4 is 20.1 Å². The summed E-state index contributed by atoms with van der Waals surface area (Å²) in [6.07, 6.45) is 2.89. The van der Waals surface area contributed by atoms with E-state index in [0.29, 0.717) is 24.0 Å². The predicted octanol–water partition coefficient (Wildman–Crippen LogP) is 3.41. The van der Waals surface area contributed by atoms with Crippen molar-refractivity contribution in [2.24, 2.45) is 10.9 Å². The van der Waals surface area contributed by atoms with Gasteiger partial charge in [0, 0.05) is 33.2 Å². The highest BCUT2D eigenvalue weighted by molar-refractivity contribution is 5.79. The van der Waals surface area contributed by atoms with Gasteiger partial charge in [-0.05, 0) is 63.6 Å². The van der Waals surface area contributed by atoms with E-state index >= 15 is 0 Å². The second-order valence-electron chi connectivity index (χ2n) is 8.77. The summed E-state index contributed by atoms with van der Waals surface area (Å²) < 4.78 is 16.2. The molecular formula is C23H38N4O4. The minimum atomic E-state index is -0.461. The summed E-state index contributed by atoms with van der Waals surface area (Å²) in [5.41, 5.74) is 0.610. The summed E-state index contributed by atoms with van der Waals surface area (Å²) in [6, 6.07) is 5.84. The van der Waals surface area contributed by atoms with E-state index in [9.17, 15) is 4.79 Å².